The molecule has 0 spiro atoms. The maximum Gasteiger partial charge on any atom is 0.323 e. The van der Waals surface area contributed by atoms with Crippen molar-refractivity contribution >= 4 is 21.8 Å². The number of carbonyl (C=O) groups excluding carboxylic acids is 1. The Balaban J connectivity index is 2.86. The average molecular weight is 272 g/mol. The van der Waals surface area contributed by atoms with E-state index < -0.39 is 21.7 Å². The number of rotatable bonds is 5. The summed E-state index contributed by atoms with van der Waals surface area (Å²) in [4.78, 5) is 11.1. The van der Waals surface area contributed by atoms with E-state index in [4.69, 9.17) is 5.26 Å². The minimum Gasteiger partial charge on any atom is -0.465 e. The van der Waals surface area contributed by atoms with Gasteiger partial charge in [-0.2, -0.15) is 10.4 Å². The van der Waals surface area contributed by atoms with E-state index in [0.29, 0.717) is 0 Å². The first-order valence-corrected chi connectivity index (χ1v) is 6.63. The first kappa shape index (κ1) is 14.0. The van der Waals surface area contributed by atoms with Crippen molar-refractivity contribution in [2.45, 2.75) is 6.92 Å². The van der Waals surface area contributed by atoms with Crippen molar-refractivity contribution in [2.75, 3.05) is 17.1 Å². The molecule has 0 unspecified atom stereocenters. The van der Waals surface area contributed by atoms with Gasteiger partial charge in [0, 0.05) is 7.05 Å². The lowest BCUT2D eigenvalue weighted by molar-refractivity contribution is -0.139. The fraction of sp³-hybridized carbons (Fsp3) is 0.444. The zero-order valence-electron chi connectivity index (χ0n) is 9.87. The third-order valence-corrected chi connectivity index (χ3v) is 3.04. The van der Waals surface area contributed by atoms with Crippen molar-refractivity contribution in [2.24, 2.45) is 7.05 Å². The highest BCUT2D eigenvalue weighted by molar-refractivity contribution is 7.93. The smallest absolute Gasteiger partial charge is 0.323 e. The Kier molecular flexibility index (Phi) is 4.28. The first-order valence-electron chi connectivity index (χ1n) is 4.98. The number of hydrogen-bond donors (Lipinski definition) is 1. The second-order valence-electron chi connectivity index (χ2n) is 3.31. The summed E-state index contributed by atoms with van der Waals surface area (Å²) in [6.07, 6.45) is 1.22. The number of esters is 1. The van der Waals surface area contributed by atoms with E-state index in [1.165, 1.54) is 17.9 Å². The molecule has 1 aromatic rings. The predicted octanol–water partition coefficient (Wildman–Crippen LogP) is -0.403. The first-order chi connectivity index (χ1) is 8.39. The molecule has 98 valence electrons. The lowest BCUT2D eigenvalue weighted by atomic mass is 10.4. The van der Waals surface area contributed by atoms with Crippen molar-refractivity contribution in [1.82, 2.24) is 9.78 Å². The summed E-state index contributed by atoms with van der Waals surface area (Å²) in [5.41, 5.74) is 0.0740. The van der Waals surface area contributed by atoms with Crippen molar-refractivity contribution < 1.29 is 17.9 Å². The van der Waals surface area contributed by atoms with Crippen LogP contribution < -0.4 is 4.72 Å². The molecule has 1 heterocycles. The molecule has 0 amide bonds. The van der Waals surface area contributed by atoms with Gasteiger partial charge in [0.25, 0.3) is 0 Å². The van der Waals surface area contributed by atoms with Gasteiger partial charge in [-0.25, -0.2) is 8.42 Å². The third-order valence-electron chi connectivity index (χ3n) is 1.92. The average Bonchev–Trinajstić information content (AvgIpc) is 2.59. The predicted molar refractivity (Wildman–Crippen MR) is 62.0 cm³/mol. The van der Waals surface area contributed by atoms with Crippen molar-refractivity contribution in [3.8, 4) is 6.07 Å². The van der Waals surface area contributed by atoms with Crippen molar-refractivity contribution in [1.29, 1.82) is 5.26 Å². The third kappa shape index (κ3) is 3.46. The minimum absolute atomic E-state index is 0.0156. The molecule has 0 aliphatic carbocycles. The molecule has 0 aliphatic rings. The zero-order valence-corrected chi connectivity index (χ0v) is 10.7. The van der Waals surface area contributed by atoms with Gasteiger partial charge in [-0.1, -0.05) is 0 Å². The van der Waals surface area contributed by atoms with E-state index in [-0.39, 0.29) is 18.0 Å². The number of sulfonamides is 1. The van der Waals surface area contributed by atoms with Crippen molar-refractivity contribution in [3.63, 3.8) is 0 Å². The number of aryl methyl sites for hydroxylation is 1. The molecular weight excluding hydrogens is 260 g/mol. The molecule has 1 rings (SSSR count). The highest BCUT2D eigenvalue weighted by Gasteiger charge is 2.20. The fourth-order valence-corrected chi connectivity index (χ4v) is 2.18. The highest BCUT2D eigenvalue weighted by Crippen LogP contribution is 2.14. The fourth-order valence-electron chi connectivity index (χ4n) is 1.18. The molecule has 1 aromatic heterocycles. The second kappa shape index (κ2) is 5.50. The van der Waals surface area contributed by atoms with Gasteiger partial charge in [0.05, 0.1) is 12.8 Å². The summed E-state index contributed by atoms with van der Waals surface area (Å²) in [5, 5.41) is 12.5. The monoisotopic (exact) mass is 272 g/mol. The normalized spacial score (nSPS) is 10.7. The lowest BCUT2D eigenvalue weighted by Crippen LogP contribution is -2.25. The van der Waals surface area contributed by atoms with Gasteiger partial charge in [-0.3, -0.25) is 14.2 Å². The molecular formula is C9H12N4O4S. The van der Waals surface area contributed by atoms with E-state index in [0.717, 1.165) is 0 Å². The number of carbonyl (C=O) groups is 1. The summed E-state index contributed by atoms with van der Waals surface area (Å²) in [7, 11) is -2.44. The van der Waals surface area contributed by atoms with Gasteiger partial charge in [-0.15, -0.1) is 0 Å². The number of hydrogen-bond acceptors (Lipinski definition) is 6. The van der Waals surface area contributed by atoms with Crippen LogP contribution >= 0.6 is 0 Å². The van der Waals surface area contributed by atoms with E-state index in [2.05, 4.69) is 14.6 Å². The molecule has 0 aromatic carbocycles. The van der Waals surface area contributed by atoms with Gasteiger partial charge in [0.2, 0.25) is 10.0 Å². The van der Waals surface area contributed by atoms with E-state index in [1.807, 2.05) is 0 Å². The van der Waals surface area contributed by atoms with E-state index in [1.54, 1.807) is 13.0 Å². The van der Waals surface area contributed by atoms with Crippen LogP contribution in [0.15, 0.2) is 6.20 Å². The quantitative estimate of drug-likeness (QED) is 0.729. The largest absolute Gasteiger partial charge is 0.465 e. The van der Waals surface area contributed by atoms with Gasteiger partial charge in [0.1, 0.15) is 11.6 Å². The zero-order chi connectivity index (χ0) is 13.8. The molecule has 0 fully saturated rings. The van der Waals surface area contributed by atoms with E-state index >= 15 is 0 Å². The molecule has 0 saturated carbocycles. The molecule has 0 atom stereocenters. The number of nitrogens with zero attached hydrogens (tertiary/aromatic N) is 3. The molecule has 0 bridgehead atoms. The Hall–Kier alpha value is -2.08. The maximum absolute atomic E-state index is 11.6. The molecule has 9 heteroatoms. The van der Waals surface area contributed by atoms with Gasteiger partial charge >= 0.3 is 5.97 Å². The van der Waals surface area contributed by atoms with E-state index in [9.17, 15) is 13.2 Å². The van der Waals surface area contributed by atoms with Crippen LogP contribution in [0.1, 0.15) is 12.5 Å². The molecule has 18 heavy (non-hydrogen) atoms. The van der Waals surface area contributed by atoms with Gasteiger partial charge in [0.15, 0.2) is 11.6 Å². The van der Waals surface area contributed by atoms with Crippen LogP contribution in [0.5, 0.6) is 0 Å². The van der Waals surface area contributed by atoms with Crippen LogP contribution in [0.3, 0.4) is 0 Å². The molecule has 0 aliphatic heterocycles. The van der Waals surface area contributed by atoms with Gasteiger partial charge in [-0.05, 0) is 6.92 Å². The summed E-state index contributed by atoms with van der Waals surface area (Å²) in [6, 6.07) is 1.79. The molecule has 0 radical (unpaired) electrons. The van der Waals surface area contributed by atoms with Crippen LogP contribution in [0.2, 0.25) is 0 Å². The highest BCUT2D eigenvalue weighted by atomic mass is 32.2. The van der Waals surface area contributed by atoms with Crippen LogP contribution in [0, 0.1) is 11.3 Å². The Morgan fingerprint density at radius 3 is 2.89 bits per heavy atom. The SMILES string of the molecule is CCOC(=O)CS(=O)(=O)Nc1c(C#N)cnn1C. The number of nitriles is 1. The van der Waals surface area contributed by atoms with Crippen LogP contribution in [0.25, 0.3) is 0 Å². The number of aromatic nitrogens is 2. The standard InChI is InChI=1S/C9H12N4O4S/c1-3-17-8(14)6-18(15,16)12-9-7(4-10)5-11-13(9)2/h5,12H,3,6H2,1-2H3. The number of ether oxygens (including phenoxy) is 1. The molecule has 8 nitrogen and oxygen atoms in total. The Morgan fingerprint density at radius 1 is 1.67 bits per heavy atom. The van der Waals surface area contributed by atoms with Gasteiger partial charge < -0.3 is 4.74 Å². The van der Waals surface area contributed by atoms with Crippen LogP contribution in [0.4, 0.5) is 5.82 Å². The summed E-state index contributed by atoms with van der Waals surface area (Å²) in [5.74, 6) is -1.65. The Bertz CT molecular complexity index is 584. The van der Waals surface area contributed by atoms with Crippen molar-refractivity contribution in [3.05, 3.63) is 11.8 Å². The topological polar surface area (TPSA) is 114 Å². The Morgan fingerprint density at radius 2 is 2.33 bits per heavy atom. The maximum atomic E-state index is 11.6. The van der Waals surface area contributed by atoms with Crippen LogP contribution in [-0.2, 0) is 26.6 Å². The minimum atomic E-state index is -3.92. The number of anilines is 1. The lowest BCUT2D eigenvalue weighted by Gasteiger charge is -2.07. The Labute approximate surface area is 104 Å². The molecule has 0 saturated heterocycles. The summed E-state index contributed by atoms with van der Waals surface area (Å²) >= 11 is 0. The number of nitrogens with one attached hydrogen (secondary N) is 1. The second-order valence-corrected chi connectivity index (χ2v) is 5.03. The summed E-state index contributed by atoms with van der Waals surface area (Å²) in [6.45, 7) is 1.68. The summed E-state index contributed by atoms with van der Waals surface area (Å²) < 4.78 is 31.1. The van der Waals surface area contributed by atoms with Crippen LogP contribution in [-0.4, -0.2) is 36.5 Å². The molecule has 1 N–H and O–H groups in total.